The van der Waals surface area contributed by atoms with E-state index in [1.807, 2.05) is 0 Å². The Kier molecular flexibility index (Phi) is 5.24. The summed E-state index contributed by atoms with van der Waals surface area (Å²) in [6, 6.07) is 4.95. The molecule has 1 atom stereocenters. The van der Waals surface area contributed by atoms with Crippen molar-refractivity contribution in [1.29, 1.82) is 0 Å². The Labute approximate surface area is 143 Å². The zero-order valence-corrected chi connectivity index (χ0v) is 14.2. The highest BCUT2D eigenvalue weighted by Gasteiger charge is 2.34. The summed E-state index contributed by atoms with van der Waals surface area (Å²) in [6.45, 7) is 1.67. The molecule has 6 nitrogen and oxygen atoms in total. The molecule has 0 saturated heterocycles. The highest BCUT2D eigenvalue weighted by Crippen LogP contribution is 2.33. The van der Waals surface area contributed by atoms with E-state index in [9.17, 15) is 18.3 Å². The van der Waals surface area contributed by atoms with Crippen LogP contribution in [0.5, 0.6) is 11.5 Å². The summed E-state index contributed by atoms with van der Waals surface area (Å²) < 4.78 is 44.2. The standard InChI is InChI=1S/C16H19F3N4O2/c1-9(11-7-10(25-4)5-6-12(11)24)20-15-21-13(16(17,18)19)8-14(22-15)23(2)3/h5-9,24H,1-4H3,(H,20,21,22). The number of hydrogen-bond donors (Lipinski definition) is 2. The molecule has 0 amide bonds. The topological polar surface area (TPSA) is 70.5 Å². The number of hydrogen-bond acceptors (Lipinski definition) is 6. The van der Waals surface area contributed by atoms with E-state index in [-0.39, 0.29) is 17.5 Å². The molecular formula is C16H19F3N4O2. The summed E-state index contributed by atoms with van der Waals surface area (Å²) in [5.74, 6) is 0.432. The van der Waals surface area contributed by atoms with Crippen LogP contribution in [-0.4, -0.2) is 36.3 Å². The third kappa shape index (κ3) is 4.43. The van der Waals surface area contributed by atoms with Gasteiger partial charge in [-0.3, -0.25) is 0 Å². The van der Waals surface area contributed by atoms with Gasteiger partial charge in [0.1, 0.15) is 17.3 Å². The van der Waals surface area contributed by atoms with E-state index in [0.717, 1.165) is 6.07 Å². The van der Waals surface area contributed by atoms with Crippen molar-refractivity contribution in [2.75, 3.05) is 31.4 Å². The molecule has 2 N–H and O–H groups in total. The van der Waals surface area contributed by atoms with Gasteiger partial charge in [-0.15, -0.1) is 0 Å². The summed E-state index contributed by atoms with van der Waals surface area (Å²) in [4.78, 5) is 9.07. The number of phenolic OH excluding ortho intramolecular Hbond substituents is 1. The van der Waals surface area contributed by atoms with Gasteiger partial charge in [-0.25, -0.2) is 4.98 Å². The molecule has 1 unspecified atom stereocenters. The van der Waals surface area contributed by atoms with Crippen molar-refractivity contribution >= 4 is 11.8 Å². The first-order valence-electron chi connectivity index (χ1n) is 7.39. The predicted octanol–water partition coefficient (Wildman–Crippen LogP) is 3.45. The minimum absolute atomic E-state index is 0.0133. The summed E-state index contributed by atoms with van der Waals surface area (Å²) >= 11 is 0. The number of benzene rings is 1. The molecule has 0 spiro atoms. The van der Waals surface area contributed by atoms with Crippen LogP contribution in [-0.2, 0) is 6.18 Å². The van der Waals surface area contributed by atoms with Crippen molar-refractivity contribution in [2.45, 2.75) is 19.1 Å². The monoisotopic (exact) mass is 356 g/mol. The van der Waals surface area contributed by atoms with Crippen molar-refractivity contribution in [1.82, 2.24) is 9.97 Å². The van der Waals surface area contributed by atoms with Crippen LogP contribution in [0.1, 0.15) is 24.2 Å². The van der Waals surface area contributed by atoms with E-state index in [0.29, 0.717) is 11.3 Å². The minimum Gasteiger partial charge on any atom is -0.508 e. The molecule has 0 fully saturated rings. The van der Waals surface area contributed by atoms with Gasteiger partial charge in [0.15, 0.2) is 5.69 Å². The number of aromatic hydroxyl groups is 1. The van der Waals surface area contributed by atoms with Gasteiger partial charge >= 0.3 is 6.18 Å². The first-order valence-corrected chi connectivity index (χ1v) is 7.39. The Bertz CT molecular complexity index is 751. The first kappa shape index (κ1) is 18.6. The molecule has 9 heteroatoms. The van der Waals surface area contributed by atoms with E-state index in [1.165, 1.54) is 18.1 Å². The van der Waals surface area contributed by atoms with Gasteiger partial charge in [-0.05, 0) is 25.1 Å². The Balaban J connectivity index is 2.37. The van der Waals surface area contributed by atoms with Gasteiger partial charge < -0.3 is 20.1 Å². The van der Waals surface area contributed by atoms with Crippen LogP contribution in [0.4, 0.5) is 24.9 Å². The molecule has 2 rings (SSSR count). The second-order valence-electron chi connectivity index (χ2n) is 5.62. The number of ether oxygens (including phenoxy) is 1. The SMILES string of the molecule is COc1ccc(O)c(C(C)Nc2nc(N(C)C)cc(C(F)(F)F)n2)c1. The molecule has 0 aliphatic heterocycles. The van der Waals surface area contributed by atoms with E-state index in [4.69, 9.17) is 4.74 Å². The molecular weight excluding hydrogens is 337 g/mol. The van der Waals surface area contributed by atoms with Gasteiger partial charge in [-0.2, -0.15) is 18.2 Å². The average molecular weight is 356 g/mol. The molecule has 136 valence electrons. The summed E-state index contributed by atoms with van der Waals surface area (Å²) in [5.41, 5.74) is -0.595. The number of alkyl halides is 3. The van der Waals surface area contributed by atoms with Crippen molar-refractivity contribution in [2.24, 2.45) is 0 Å². The lowest BCUT2D eigenvalue weighted by molar-refractivity contribution is -0.141. The second kappa shape index (κ2) is 7.04. The number of halogens is 3. The number of rotatable bonds is 5. The molecule has 1 aromatic carbocycles. The quantitative estimate of drug-likeness (QED) is 0.855. The number of methoxy groups -OCH3 is 1. The zero-order valence-electron chi connectivity index (χ0n) is 14.2. The van der Waals surface area contributed by atoms with Gasteiger partial charge in [0.05, 0.1) is 13.2 Å². The maximum atomic E-state index is 13.0. The van der Waals surface area contributed by atoms with Crippen LogP contribution in [0.3, 0.4) is 0 Å². The summed E-state index contributed by atoms with van der Waals surface area (Å²) in [6.07, 6.45) is -4.59. The van der Waals surface area contributed by atoms with Crippen molar-refractivity contribution in [3.63, 3.8) is 0 Å². The fourth-order valence-corrected chi connectivity index (χ4v) is 2.15. The van der Waals surface area contributed by atoms with E-state index < -0.39 is 17.9 Å². The summed E-state index contributed by atoms with van der Waals surface area (Å²) in [5, 5.41) is 12.8. The molecule has 0 radical (unpaired) electrons. The predicted molar refractivity (Wildman–Crippen MR) is 88.1 cm³/mol. The lowest BCUT2D eigenvalue weighted by Gasteiger charge is -2.19. The Morgan fingerprint density at radius 3 is 2.44 bits per heavy atom. The molecule has 2 aromatic rings. The Hall–Kier alpha value is -2.71. The van der Waals surface area contributed by atoms with Gasteiger partial charge in [-0.1, -0.05) is 0 Å². The lowest BCUT2D eigenvalue weighted by Crippen LogP contribution is -2.18. The fourth-order valence-electron chi connectivity index (χ4n) is 2.15. The lowest BCUT2D eigenvalue weighted by atomic mass is 10.1. The Morgan fingerprint density at radius 2 is 1.88 bits per heavy atom. The maximum absolute atomic E-state index is 13.0. The largest absolute Gasteiger partial charge is 0.508 e. The second-order valence-corrected chi connectivity index (χ2v) is 5.62. The smallest absolute Gasteiger partial charge is 0.433 e. The number of nitrogens with zero attached hydrogens (tertiary/aromatic N) is 3. The van der Waals surface area contributed by atoms with Crippen LogP contribution < -0.4 is 15.0 Å². The van der Waals surface area contributed by atoms with E-state index in [2.05, 4.69) is 15.3 Å². The number of aromatic nitrogens is 2. The third-order valence-electron chi connectivity index (χ3n) is 3.51. The number of phenols is 1. The van der Waals surface area contributed by atoms with E-state index in [1.54, 1.807) is 33.2 Å². The molecule has 0 saturated carbocycles. The Morgan fingerprint density at radius 1 is 1.20 bits per heavy atom. The average Bonchev–Trinajstić information content (AvgIpc) is 2.54. The summed E-state index contributed by atoms with van der Waals surface area (Å²) in [7, 11) is 4.65. The molecule has 0 bridgehead atoms. The van der Waals surface area contributed by atoms with Gasteiger partial charge in [0.2, 0.25) is 5.95 Å². The number of nitrogens with one attached hydrogen (secondary N) is 1. The maximum Gasteiger partial charge on any atom is 0.433 e. The fraction of sp³-hybridized carbons (Fsp3) is 0.375. The highest BCUT2D eigenvalue weighted by molar-refractivity contribution is 5.48. The minimum atomic E-state index is -4.59. The first-order chi connectivity index (χ1) is 11.6. The normalized spacial score (nSPS) is 12.6. The zero-order chi connectivity index (χ0) is 18.8. The number of anilines is 2. The van der Waals surface area contributed by atoms with Crippen LogP contribution in [0.25, 0.3) is 0 Å². The molecule has 0 aliphatic rings. The van der Waals surface area contributed by atoms with Gasteiger partial charge in [0, 0.05) is 25.7 Å². The van der Waals surface area contributed by atoms with Crippen LogP contribution >= 0.6 is 0 Å². The molecule has 25 heavy (non-hydrogen) atoms. The van der Waals surface area contributed by atoms with Gasteiger partial charge in [0.25, 0.3) is 0 Å². The molecule has 0 aliphatic carbocycles. The molecule has 1 heterocycles. The third-order valence-corrected chi connectivity index (χ3v) is 3.51. The van der Waals surface area contributed by atoms with Crippen molar-refractivity contribution in [3.05, 3.63) is 35.5 Å². The highest BCUT2D eigenvalue weighted by atomic mass is 19.4. The van der Waals surface area contributed by atoms with E-state index >= 15 is 0 Å². The molecule has 1 aromatic heterocycles. The van der Waals surface area contributed by atoms with Crippen molar-refractivity contribution in [3.8, 4) is 11.5 Å². The van der Waals surface area contributed by atoms with Crippen LogP contribution in [0, 0.1) is 0 Å². The van der Waals surface area contributed by atoms with Crippen LogP contribution in [0.15, 0.2) is 24.3 Å². The van der Waals surface area contributed by atoms with Crippen LogP contribution in [0.2, 0.25) is 0 Å². The van der Waals surface area contributed by atoms with Crippen molar-refractivity contribution < 1.29 is 23.0 Å².